The van der Waals surface area contributed by atoms with E-state index < -0.39 is 0 Å². The van der Waals surface area contributed by atoms with E-state index in [9.17, 15) is 4.79 Å². The molecule has 1 aromatic rings. The van der Waals surface area contributed by atoms with Crippen molar-refractivity contribution in [1.29, 1.82) is 0 Å². The molecule has 1 heterocycles. The van der Waals surface area contributed by atoms with Gasteiger partial charge in [-0.25, -0.2) is 4.79 Å². The molecule has 0 bridgehead atoms. The Morgan fingerprint density at radius 2 is 2.24 bits per heavy atom. The molecule has 0 unspecified atom stereocenters. The molecule has 92 valence electrons. The van der Waals surface area contributed by atoms with Gasteiger partial charge in [-0.3, -0.25) is 0 Å². The first-order chi connectivity index (χ1) is 7.97. The molecular weight excluding hydrogens is 218 g/mol. The average Bonchev–Trinajstić information content (AvgIpc) is 2.26. The lowest BCUT2D eigenvalue weighted by molar-refractivity contribution is -0.870. The van der Waals surface area contributed by atoms with E-state index in [0.717, 1.165) is 11.0 Å². The lowest BCUT2D eigenvalue weighted by Gasteiger charge is -2.23. The fraction of sp³-hybridized carbons (Fsp3) is 0.417. The van der Waals surface area contributed by atoms with E-state index >= 15 is 0 Å². The van der Waals surface area contributed by atoms with Gasteiger partial charge in [0.15, 0.2) is 0 Å². The molecule has 1 aromatic heterocycles. The van der Waals surface area contributed by atoms with Crippen LogP contribution in [0.25, 0.3) is 6.08 Å². The van der Waals surface area contributed by atoms with E-state index in [1.54, 1.807) is 24.4 Å². The van der Waals surface area contributed by atoms with Crippen molar-refractivity contribution in [3.8, 4) is 0 Å². The summed E-state index contributed by atoms with van der Waals surface area (Å²) < 4.78 is 5.82. The van der Waals surface area contributed by atoms with Crippen molar-refractivity contribution in [3.63, 3.8) is 0 Å². The average molecular weight is 236 g/mol. The van der Waals surface area contributed by atoms with Crippen LogP contribution in [0.3, 0.4) is 0 Å². The maximum absolute atomic E-state index is 11.3. The summed E-state index contributed by atoms with van der Waals surface area (Å²) in [5, 5.41) is 7.52. The maximum atomic E-state index is 11.3. The smallest absolute Gasteiger partial charge is 0.331 e. The van der Waals surface area contributed by atoms with Gasteiger partial charge in [-0.05, 0) is 18.2 Å². The Kier molecular flexibility index (Phi) is 4.78. The van der Waals surface area contributed by atoms with Gasteiger partial charge in [-0.2, -0.15) is 10.2 Å². The largest absolute Gasteiger partial charge is 0.457 e. The second-order valence-electron chi connectivity index (χ2n) is 4.66. The molecule has 5 heteroatoms. The highest BCUT2D eigenvalue weighted by atomic mass is 16.5. The van der Waals surface area contributed by atoms with Crippen LogP contribution in [0, 0.1) is 0 Å². The standard InChI is InChI=1S/C12H18N3O2/c1-15(2,3)9-10-17-12(16)7-6-11-5-4-8-13-14-11/h4-8H,9-10H2,1-3H3/q+1. The van der Waals surface area contributed by atoms with E-state index in [4.69, 9.17) is 4.74 Å². The summed E-state index contributed by atoms with van der Waals surface area (Å²) in [6, 6.07) is 3.53. The van der Waals surface area contributed by atoms with Crippen molar-refractivity contribution in [3.05, 3.63) is 30.1 Å². The molecule has 0 amide bonds. The monoisotopic (exact) mass is 236 g/mol. The van der Waals surface area contributed by atoms with Crippen LogP contribution in [0.2, 0.25) is 0 Å². The molecule has 1 rings (SSSR count). The summed E-state index contributed by atoms with van der Waals surface area (Å²) in [4.78, 5) is 11.3. The lowest BCUT2D eigenvalue weighted by atomic mass is 10.3. The second kappa shape index (κ2) is 6.10. The van der Waals surface area contributed by atoms with E-state index in [1.165, 1.54) is 6.08 Å². The Hall–Kier alpha value is -1.75. The molecule has 5 nitrogen and oxygen atoms in total. The van der Waals surface area contributed by atoms with Gasteiger partial charge in [-0.1, -0.05) is 0 Å². The second-order valence-corrected chi connectivity index (χ2v) is 4.66. The van der Waals surface area contributed by atoms with Crippen LogP contribution in [0.5, 0.6) is 0 Å². The predicted molar refractivity (Wildman–Crippen MR) is 64.9 cm³/mol. The normalized spacial score (nSPS) is 11.7. The highest BCUT2D eigenvalue weighted by molar-refractivity contribution is 5.86. The minimum atomic E-state index is -0.357. The Labute approximate surface area is 101 Å². The fourth-order valence-electron chi connectivity index (χ4n) is 1.02. The third-order valence-corrected chi connectivity index (χ3v) is 1.99. The zero-order chi connectivity index (χ0) is 12.7. The molecule has 17 heavy (non-hydrogen) atoms. The highest BCUT2D eigenvalue weighted by Gasteiger charge is 2.07. The summed E-state index contributed by atoms with van der Waals surface area (Å²) in [5.41, 5.74) is 0.635. The van der Waals surface area contributed by atoms with Crippen molar-refractivity contribution in [2.75, 3.05) is 34.3 Å². The van der Waals surface area contributed by atoms with Crippen LogP contribution in [0.1, 0.15) is 5.69 Å². The van der Waals surface area contributed by atoms with Crippen LogP contribution in [-0.2, 0) is 9.53 Å². The first-order valence-corrected chi connectivity index (χ1v) is 5.40. The Bertz CT molecular complexity index is 382. The fourth-order valence-corrected chi connectivity index (χ4v) is 1.02. The molecule has 0 aliphatic rings. The number of ether oxygens (including phenoxy) is 1. The predicted octanol–water partition coefficient (Wildman–Crippen LogP) is 0.739. The number of esters is 1. The number of carbonyl (C=O) groups excluding carboxylic acids is 1. The maximum Gasteiger partial charge on any atom is 0.331 e. The molecule has 0 aromatic carbocycles. The first kappa shape index (κ1) is 13.3. The topological polar surface area (TPSA) is 52.1 Å². The Balaban J connectivity index is 2.33. The van der Waals surface area contributed by atoms with E-state index in [2.05, 4.69) is 10.2 Å². The molecule has 0 radical (unpaired) electrons. The van der Waals surface area contributed by atoms with Crippen molar-refractivity contribution < 1.29 is 14.0 Å². The zero-order valence-corrected chi connectivity index (χ0v) is 10.5. The van der Waals surface area contributed by atoms with Crippen LogP contribution in [-0.4, -0.2) is 54.9 Å². The molecule has 0 fully saturated rings. The van der Waals surface area contributed by atoms with Crippen molar-refractivity contribution in [2.45, 2.75) is 0 Å². The highest BCUT2D eigenvalue weighted by Crippen LogP contribution is 1.96. The van der Waals surface area contributed by atoms with Crippen LogP contribution in [0.15, 0.2) is 24.4 Å². The summed E-state index contributed by atoms with van der Waals surface area (Å²) in [7, 11) is 6.13. The first-order valence-electron chi connectivity index (χ1n) is 5.40. The number of hydrogen-bond donors (Lipinski definition) is 0. The van der Waals surface area contributed by atoms with Crippen LogP contribution < -0.4 is 0 Å². The lowest BCUT2D eigenvalue weighted by Crippen LogP contribution is -2.37. The quantitative estimate of drug-likeness (QED) is 0.430. The molecule has 0 saturated heterocycles. The van der Waals surface area contributed by atoms with Gasteiger partial charge in [0.05, 0.1) is 26.8 Å². The van der Waals surface area contributed by atoms with Gasteiger partial charge in [0.25, 0.3) is 0 Å². The van der Waals surface area contributed by atoms with Gasteiger partial charge < -0.3 is 9.22 Å². The molecular formula is C12H18N3O2+. The number of aromatic nitrogens is 2. The number of quaternary nitrogens is 1. The summed E-state index contributed by atoms with van der Waals surface area (Å²) in [6.07, 6.45) is 4.53. The number of carbonyl (C=O) groups is 1. The third kappa shape index (κ3) is 6.42. The van der Waals surface area contributed by atoms with Crippen molar-refractivity contribution in [2.24, 2.45) is 0 Å². The molecule has 0 saturated carbocycles. The van der Waals surface area contributed by atoms with Crippen LogP contribution in [0.4, 0.5) is 0 Å². The van der Waals surface area contributed by atoms with Gasteiger partial charge in [-0.15, -0.1) is 0 Å². The number of hydrogen-bond acceptors (Lipinski definition) is 4. The molecule has 0 N–H and O–H groups in total. The minimum absolute atomic E-state index is 0.357. The molecule has 0 aliphatic heterocycles. The Morgan fingerprint density at radius 3 is 2.82 bits per heavy atom. The minimum Gasteiger partial charge on any atom is -0.457 e. The van der Waals surface area contributed by atoms with Crippen LogP contribution >= 0.6 is 0 Å². The van der Waals surface area contributed by atoms with Crippen molar-refractivity contribution >= 4 is 12.0 Å². The molecule has 0 aliphatic carbocycles. The van der Waals surface area contributed by atoms with Crippen molar-refractivity contribution in [1.82, 2.24) is 10.2 Å². The van der Waals surface area contributed by atoms with Gasteiger partial charge in [0.1, 0.15) is 13.2 Å². The SMILES string of the molecule is C[N+](C)(C)CCOC(=O)C=Cc1cccnn1. The molecule has 0 atom stereocenters. The summed E-state index contributed by atoms with van der Waals surface area (Å²) >= 11 is 0. The number of rotatable bonds is 5. The van der Waals surface area contributed by atoms with E-state index in [-0.39, 0.29) is 5.97 Å². The van der Waals surface area contributed by atoms with Gasteiger partial charge in [0.2, 0.25) is 0 Å². The summed E-state index contributed by atoms with van der Waals surface area (Å²) in [5.74, 6) is -0.357. The number of nitrogens with zero attached hydrogens (tertiary/aromatic N) is 3. The van der Waals surface area contributed by atoms with E-state index in [0.29, 0.717) is 12.3 Å². The third-order valence-electron chi connectivity index (χ3n) is 1.99. The summed E-state index contributed by atoms with van der Waals surface area (Å²) in [6.45, 7) is 1.19. The number of likely N-dealkylation sites (N-methyl/N-ethyl adjacent to an activating group) is 1. The zero-order valence-electron chi connectivity index (χ0n) is 10.5. The van der Waals surface area contributed by atoms with Gasteiger partial charge >= 0.3 is 5.97 Å². The van der Waals surface area contributed by atoms with E-state index in [1.807, 2.05) is 21.1 Å². The Morgan fingerprint density at radius 1 is 1.47 bits per heavy atom. The van der Waals surface area contributed by atoms with Gasteiger partial charge in [0, 0.05) is 12.3 Å². The molecule has 0 spiro atoms.